The summed E-state index contributed by atoms with van der Waals surface area (Å²) in [6.45, 7) is 0.406. The number of nitrogens with one attached hydrogen (secondary N) is 2. The Morgan fingerprint density at radius 2 is 1.70 bits per heavy atom. The lowest BCUT2D eigenvalue weighted by atomic mass is 9.93. The number of halogens is 3. The predicted octanol–water partition coefficient (Wildman–Crippen LogP) is 2.77. The molecule has 2 aliphatic rings. The Labute approximate surface area is 171 Å². The van der Waals surface area contributed by atoms with Gasteiger partial charge < -0.3 is 9.47 Å². The summed E-state index contributed by atoms with van der Waals surface area (Å²) >= 11 is 0. The number of benzene rings is 1. The molecule has 1 aliphatic heterocycles. The molecule has 1 saturated heterocycles. The molecule has 2 heterocycles. The van der Waals surface area contributed by atoms with E-state index in [1.807, 2.05) is 0 Å². The zero-order valence-corrected chi connectivity index (χ0v) is 16.7. The summed E-state index contributed by atoms with van der Waals surface area (Å²) in [5.74, 6) is -1.73. The van der Waals surface area contributed by atoms with E-state index in [4.69, 9.17) is 9.47 Å². The van der Waals surface area contributed by atoms with Crippen LogP contribution in [0.15, 0.2) is 24.3 Å². The normalized spacial score (nSPS) is 19.6. The number of nitrogens with zero attached hydrogens (tertiary/aromatic N) is 2. The maximum atomic E-state index is 13.8. The molecule has 4 rings (SSSR count). The third-order valence-electron chi connectivity index (χ3n) is 4.92. The molecule has 1 aliphatic carbocycles. The molecule has 1 aromatic carbocycles. The van der Waals surface area contributed by atoms with E-state index in [1.165, 1.54) is 0 Å². The van der Waals surface area contributed by atoms with Gasteiger partial charge in [-0.1, -0.05) is 12.1 Å². The van der Waals surface area contributed by atoms with Crippen molar-refractivity contribution in [1.82, 2.24) is 14.7 Å². The van der Waals surface area contributed by atoms with Gasteiger partial charge in [-0.2, -0.15) is 26.3 Å². The first kappa shape index (κ1) is 21.1. The fourth-order valence-electron chi connectivity index (χ4n) is 3.28. The minimum absolute atomic E-state index is 0.176. The van der Waals surface area contributed by atoms with Crippen molar-refractivity contribution < 1.29 is 31.1 Å². The third kappa shape index (κ3) is 5.10. The molecule has 30 heavy (non-hydrogen) atoms. The van der Waals surface area contributed by atoms with Crippen LogP contribution in [0.4, 0.5) is 19.0 Å². The molecule has 2 aromatic rings. The highest BCUT2D eigenvalue weighted by molar-refractivity contribution is 7.90. The van der Waals surface area contributed by atoms with Gasteiger partial charge in [0.25, 0.3) is 5.88 Å². The summed E-state index contributed by atoms with van der Waals surface area (Å²) in [7, 11) is -4.04. The minimum atomic E-state index is -4.67. The molecule has 2 fully saturated rings. The monoisotopic (exact) mass is 446 g/mol. The lowest BCUT2D eigenvalue weighted by Gasteiger charge is -2.31. The Kier molecular flexibility index (Phi) is 5.73. The second-order valence-corrected chi connectivity index (χ2v) is 8.84. The van der Waals surface area contributed by atoms with E-state index >= 15 is 0 Å². The molecular formula is C18H21F3N4O4S. The Bertz CT molecular complexity index is 1010. The number of hydrogen-bond donors (Lipinski definition) is 2. The Balaban J connectivity index is 1.69. The fourth-order valence-corrected chi connectivity index (χ4v) is 4.40. The highest BCUT2D eigenvalue weighted by atomic mass is 32.2. The molecule has 1 atom stereocenters. The van der Waals surface area contributed by atoms with Crippen molar-refractivity contribution in [3.63, 3.8) is 0 Å². The van der Waals surface area contributed by atoms with E-state index in [0.717, 1.165) is 0 Å². The summed E-state index contributed by atoms with van der Waals surface area (Å²) in [6, 6.07) is 6.27. The van der Waals surface area contributed by atoms with E-state index in [2.05, 4.69) is 19.4 Å². The number of rotatable bonds is 7. The van der Waals surface area contributed by atoms with Crippen molar-refractivity contribution in [3.05, 3.63) is 24.3 Å². The van der Waals surface area contributed by atoms with Crippen molar-refractivity contribution in [2.24, 2.45) is 5.92 Å². The second kappa shape index (κ2) is 8.16. The van der Waals surface area contributed by atoms with Crippen molar-refractivity contribution >= 4 is 27.1 Å². The molecule has 1 aromatic heterocycles. The summed E-state index contributed by atoms with van der Waals surface area (Å²) in [5, 5.41) is 0. The van der Waals surface area contributed by atoms with E-state index in [1.54, 1.807) is 24.3 Å². The number of alkyl halides is 3. The Morgan fingerprint density at radius 3 is 2.30 bits per heavy atom. The van der Waals surface area contributed by atoms with Gasteiger partial charge in [0.05, 0.1) is 11.0 Å². The summed E-state index contributed by atoms with van der Waals surface area (Å²) in [6.07, 6.45) is -5.07. The molecule has 1 saturated carbocycles. The first-order valence-corrected chi connectivity index (χ1v) is 11.1. The maximum Gasteiger partial charge on any atom is 0.425 e. The van der Waals surface area contributed by atoms with Gasteiger partial charge in [-0.3, -0.25) is 4.72 Å². The quantitative estimate of drug-likeness (QED) is 0.678. The summed E-state index contributed by atoms with van der Waals surface area (Å²) in [5.41, 5.74) is 0.613. The Morgan fingerprint density at radius 1 is 1.07 bits per heavy atom. The third-order valence-corrected chi connectivity index (χ3v) is 6.03. The van der Waals surface area contributed by atoms with Crippen LogP contribution in [0.1, 0.15) is 25.7 Å². The highest BCUT2D eigenvalue weighted by Gasteiger charge is 2.48. The number of ether oxygens (including phenoxy) is 2. The fraction of sp³-hybridized carbons (Fsp3) is 0.556. The van der Waals surface area contributed by atoms with Crippen LogP contribution < -0.4 is 14.2 Å². The van der Waals surface area contributed by atoms with Crippen molar-refractivity contribution in [2.45, 2.75) is 44.0 Å². The van der Waals surface area contributed by atoms with Crippen molar-refractivity contribution in [2.75, 3.05) is 17.9 Å². The average Bonchev–Trinajstić information content (AvgIpc) is 3.49. The van der Waals surface area contributed by atoms with Crippen LogP contribution in [0.25, 0.3) is 11.0 Å². The zero-order chi connectivity index (χ0) is 21.4. The van der Waals surface area contributed by atoms with Crippen LogP contribution in [0.5, 0.6) is 5.88 Å². The lowest BCUT2D eigenvalue weighted by molar-refractivity contribution is -0.216. The van der Waals surface area contributed by atoms with Gasteiger partial charge in [0.15, 0.2) is 6.10 Å². The summed E-state index contributed by atoms with van der Waals surface area (Å²) in [4.78, 5) is 8.29. The van der Waals surface area contributed by atoms with Crippen LogP contribution in [-0.2, 0) is 14.9 Å². The van der Waals surface area contributed by atoms with E-state index in [-0.39, 0.29) is 37.9 Å². The number of para-hydroxylation sites is 2. The van der Waals surface area contributed by atoms with Gasteiger partial charge in [-0.15, -0.1) is 0 Å². The molecule has 164 valence electrons. The Hall–Kier alpha value is -2.18. The first-order chi connectivity index (χ1) is 14.2. The van der Waals surface area contributed by atoms with Gasteiger partial charge in [-0.05, 0) is 37.8 Å². The van der Waals surface area contributed by atoms with Gasteiger partial charge >= 0.3 is 16.4 Å². The second-order valence-electron chi connectivity index (χ2n) is 7.39. The standard InChI is InChI=1S/C18H21F3N4O4S/c19-18(20,21)15(11-7-9-28-10-8-11)29-17-16(25-30(26,27)24-12-5-6-12)22-13-3-1-2-4-14(13)23-17/h1-4,11-12,15,24H,5-10H2,(H,22,25). The van der Waals surface area contributed by atoms with Gasteiger partial charge in [0, 0.05) is 25.2 Å². The topological polar surface area (TPSA) is 102 Å². The molecule has 0 spiro atoms. The zero-order valence-electron chi connectivity index (χ0n) is 15.9. The number of aromatic nitrogens is 2. The SMILES string of the molecule is O=S(=O)(Nc1nc2ccccc2nc1OC(C1CCOCC1)C(F)(F)F)NC1CC1. The van der Waals surface area contributed by atoms with Crippen LogP contribution in [0, 0.1) is 5.92 Å². The number of anilines is 1. The van der Waals surface area contributed by atoms with Gasteiger partial charge in [0.2, 0.25) is 5.82 Å². The van der Waals surface area contributed by atoms with Crippen molar-refractivity contribution in [3.8, 4) is 5.88 Å². The largest absolute Gasteiger partial charge is 0.462 e. The van der Waals surface area contributed by atoms with Gasteiger partial charge in [0.1, 0.15) is 0 Å². The van der Waals surface area contributed by atoms with Gasteiger partial charge in [-0.25, -0.2) is 9.97 Å². The van der Waals surface area contributed by atoms with E-state index in [0.29, 0.717) is 23.9 Å². The molecular weight excluding hydrogens is 425 g/mol. The molecule has 1 unspecified atom stereocenters. The number of fused-ring (bicyclic) bond motifs is 1. The smallest absolute Gasteiger partial charge is 0.425 e. The van der Waals surface area contributed by atoms with E-state index in [9.17, 15) is 21.6 Å². The van der Waals surface area contributed by atoms with E-state index < -0.39 is 34.3 Å². The molecule has 8 nitrogen and oxygen atoms in total. The van der Waals surface area contributed by atoms with Crippen LogP contribution in [0.2, 0.25) is 0 Å². The predicted molar refractivity (Wildman–Crippen MR) is 102 cm³/mol. The minimum Gasteiger partial charge on any atom is -0.462 e. The molecule has 0 radical (unpaired) electrons. The molecule has 2 N–H and O–H groups in total. The van der Waals surface area contributed by atoms with Crippen molar-refractivity contribution in [1.29, 1.82) is 0 Å². The van der Waals surface area contributed by atoms with Crippen LogP contribution in [-0.4, -0.2) is 49.9 Å². The number of hydrogen-bond acceptors (Lipinski definition) is 6. The van der Waals surface area contributed by atoms with Crippen LogP contribution >= 0.6 is 0 Å². The highest BCUT2D eigenvalue weighted by Crippen LogP contribution is 2.36. The first-order valence-electron chi connectivity index (χ1n) is 9.59. The maximum absolute atomic E-state index is 13.8. The summed E-state index contributed by atoms with van der Waals surface area (Å²) < 4.78 is 81.1. The molecule has 0 amide bonds. The molecule has 0 bridgehead atoms. The average molecular weight is 446 g/mol. The molecule has 12 heteroatoms. The lowest BCUT2D eigenvalue weighted by Crippen LogP contribution is -2.43. The van der Waals surface area contributed by atoms with Crippen LogP contribution in [0.3, 0.4) is 0 Å².